The van der Waals surface area contributed by atoms with Gasteiger partial charge in [0.1, 0.15) is 0 Å². The second-order valence-electron chi connectivity index (χ2n) is 18.1. The van der Waals surface area contributed by atoms with Crippen molar-refractivity contribution < 1.29 is 28.4 Å². The minimum absolute atomic E-state index is 0.0816. The van der Waals surface area contributed by atoms with Gasteiger partial charge < -0.3 is 21.1 Å². The molecule has 3 atom stereocenters. The summed E-state index contributed by atoms with van der Waals surface area (Å²) in [4.78, 5) is 22.8. The Balaban J connectivity index is 3.96. The molecular weight excluding hydrogens is 768 g/mol. The average Bonchev–Trinajstić information content (AvgIpc) is 3.24. The van der Waals surface area contributed by atoms with Crippen LogP contribution >= 0.6 is 7.82 Å². The molecule has 0 aliphatic carbocycles. The van der Waals surface area contributed by atoms with Crippen molar-refractivity contribution in [1.82, 2.24) is 5.32 Å². The van der Waals surface area contributed by atoms with Crippen molar-refractivity contribution >= 4 is 13.7 Å². The molecule has 0 spiro atoms. The van der Waals surface area contributed by atoms with Gasteiger partial charge in [0.25, 0.3) is 0 Å². The molecule has 1 amide bonds. The normalized spacial score (nSPS) is 13.9. The van der Waals surface area contributed by atoms with Gasteiger partial charge in [-0.05, 0) is 19.3 Å². The Morgan fingerprint density at radius 1 is 0.533 bits per heavy atom. The number of carbonyl (C=O) groups excluding carboxylic acids is 1. The molecule has 0 aromatic heterocycles. The highest BCUT2D eigenvalue weighted by atomic mass is 31.2. The Morgan fingerprint density at radius 3 is 1.18 bits per heavy atom. The van der Waals surface area contributed by atoms with Crippen molar-refractivity contribution in [1.29, 1.82) is 0 Å². The van der Waals surface area contributed by atoms with Crippen LogP contribution in [0.1, 0.15) is 277 Å². The van der Waals surface area contributed by atoms with E-state index in [9.17, 15) is 19.4 Å². The fraction of sp³-hybridized carbons (Fsp3) is 0.941. The number of hydrogen-bond donors (Lipinski definition) is 4. The van der Waals surface area contributed by atoms with E-state index in [4.69, 9.17) is 14.8 Å². The summed E-state index contributed by atoms with van der Waals surface area (Å²) < 4.78 is 22.2. The smallest absolute Gasteiger partial charge is 0.387 e. The van der Waals surface area contributed by atoms with Crippen molar-refractivity contribution in [3.8, 4) is 0 Å². The van der Waals surface area contributed by atoms with E-state index >= 15 is 0 Å². The van der Waals surface area contributed by atoms with Gasteiger partial charge in [0, 0.05) is 13.0 Å². The highest BCUT2D eigenvalue weighted by molar-refractivity contribution is 7.47. The molecule has 0 heterocycles. The Labute approximate surface area is 373 Å². The van der Waals surface area contributed by atoms with Crippen LogP contribution in [0.15, 0.2) is 12.2 Å². The number of allylic oxidation sites excluding steroid dienone is 1. The number of carbonyl (C=O) groups is 1. The third-order valence-electron chi connectivity index (χ3n) is 12.1. The molecule has 0 saturated carbocycles. The fourth-order valence-electron chi connectivity index (χ4n) is 8.14. The number of hydrogen-bond acceptors (Lipinski definition) is 6. The van der Waals surface area contributed by atoms with E-state index in [0.29, 0.717) is 6.42 Å². The van der Waals surface area contributed by atoms with Crippen molar-refractivity contribution in [3.63, 3.8) is 0 Å². The third kappa shape index (κ3) is 45.3. The van der Waals surface area contributed by atoms with E-state index in [2.05, 4.69) is 19.2 Å². The molecular formula is C51H103N2O6P. The molecule has 358 valence electrons. The first-order chi connectivity index (χ1) is 29.4. The number of aliphatic hydroxyl groups excluding tert-OH is 1. The van der Waals surface area contributed by atoms with Crippen LogP contribution in [-0.2, 0) is 18.4 Å². The number of aliphatic hydroxyl groups is 1. The zero-order chi connectivity index (χ0) is 43.9. The molecule has 0 aromatic rings. The summed E-state index contributed by atoms with van der Waals surface area (Å²) in [7, 11) is -4.34. The maximum absolute atomic E-state index is 12.8. The Bertz CT molecular complexity index is 953. The lowest BCUT2D eigenvalue weighted by Crippen LogP contribution is -2.45. The molecule has 0 aliphatic rings. The first-order valence-corrected chi connectivity index (χ1v) is 27.8. The highest BCUT2D eigenvalue weighted by Crippen LogP contribution is 2.43. The van der Waals surface area contributed by atoms with Crippen LogP contribution in [0.25, 0.3) is 0 Å². The lowest BCUT2D eigenvalue weighted by molar-refractivity contribution is -0.123. The first-order valence-electron chi connectivity index (χ1n) is 26.3. The third-order valence-corrected chi connectivity index (χ3v) is 13.1. The summed E-state index contributed by atoms with van der Waals surface area (Å²) in [6, 6.07) is -0.855. The molecule has 9 heteroatoms. The number of amides is 1. The van der Waals surface area contributed by atoms with Gasteiger partial charge in [0.2, 0.25) is 5.91 Å². The van der Waals surface area contributed by atoms with E-state index in [0.717, 1.165) is 38.5 Å². The van der Waals surface area contributed by atoms with Crippen molar-refractivity contribution in [2.24, 2.45) is 5.73 Å². The van der Waals surface area contributed by atoms with E-state index in [-0.39, 0.29) is 25.7 Å². The molecule has 0 rings (SSSR count). The standard InChI is InChI=1S/C51H103N2O6P/c1-3-5-7-9-11-13-15-17-19-20-21-22-23-24-25-26-27-28-29-31-33-35-37-39-41-43-45-51(55)53-49(48-59-60(56,57)58-47-46-52)50(54)44-42-40-38-36-34-32-30-18-16-14-12-10-8-6-4-2/h42,44,49-50,54H,3-41,43,45-48,52H2,1-2H3,(H,53,55)(H,56,57)/b44-42+/t49-,50+/m0/s1. The lowest BCUT2D eigenvalue weighted by atomic mass is 10.0. The van der Waals surface area contributed by atoms with E-state index in [1.54, 1.807) is 6.08 Å². The average molecular weight is 871 g/mol. The fourth-order valence-corrected chi connectivity index (χ4v) is 8.90. The summed E-state index contributed by atoms with van der Waals surface area (Å²) in [5.41, 5.74) is 5.39. The van der Waals surface area contributed by atoms with Gasteiger partial charge in [0.15, 0.2) is 0 Å². The second-order valence-corrected chi connectivity index (χ2v) is 19.6. The first kappa shape index (κ1) is 59.2. The van der Waals surface area contributed by atoms with Crippen molar-refractivity contribution in [2.45, 2.75) is 289 Å². The minimum atomic E-state index is -4.34. The molecule has 0 bridgehead atoms. The maximum atomic E-state index is 12.8. The SMILES string of the molecule is CCCCCCCCCCCCCCC/C=C/[C@@H](O)[C@H](COP(=O)(O)OCCN)NC(=O)CCCCCCCCCCCCCCCCCCCCCCCCCCCC. The molecule has 0 aromatic carbocycles. The van der Waals surface area contributed by atoms with Gasteiger partial charge in [-0.2, -0.15) is 0 Å². The molecule has 0 saturated heterocycles. The Kier molecular flexibility index (Phi) is 47.1. The van der Waals surface area contributed by atoms with Crippen LogP contribution in [0.4, 0.5) is 0 Å². The Hall–Kier alpha value is -0.760. The lowest BCUT2D eigenvalue weighted by Gasteiger charge is -2.23. The topological polar surface area (TPSA) is 131 Å². The predicted octanol–water partition coefficient (Wildman–Crippen LogP) is 15.5. The van der Waals surface area contributed by atoms with Gasteiger partial charge in [-0.25, -0.2) is 4.57 Å². The van der Waals surface area contributed by atoms with Crippen LogP contribution in [0, 0.1) is 0 Å². The largest absolute Gasteiger partial charge is 0.472 e. The van der Waals surface area contributed by atoms with Gasteiger partial charge in [-0.1, -0.05) is 264 Å². The van der Waals surface area contributed by atoms with Crippen molar-refractivity contribution in [3.05, 3.63) is 12.2 Å². The van der Waals surface area contributed by atoms with Crippen LogP contribution < -0.4 is 11.1 Å². The zero-order valence-corrected chi connectivity index (χ0v) is 40.9. The van der Waals surface area contributed by atoms with Gasteiger partial charge >= 0.3 is 7.82 Å². The molecule has 1 unspecified atom stereocenters. The zero-order valence-electron chi connectivity index (χ0n) is 40.0. The quantitative estimate of drug-likeness (QED) is 0.0272. The number of rotatable bonds is 50. The molecule has 0 fully saturated rings. The van der Waals surface area contributed by atoms with Gasteiger partial charge in [-0.3, -0.25) is 13.8 Å². The monoisotopic (exact) mass is 871 g/mol. The minimum Gasteiger partial charge on any atom is -0.387 e. The van der Waals surface area contributed by atoms with E-state index < -0.39 is 20.0 Å². The number of nitrogens with two attached hydrogens (primary N) is 1. The summed E-state index contributed by atoms with van der Waals surface area (Å²) in [5.74, 6) is -0.187. The second kappa shape index (κ2) is 47.7. The molecule has 8 nitrogen and oxygen atoms in total. The summed E-state index contributed by atoms with van der Waals surface area (Å²) >= 11 is 0. The number of unbranched alkanes of at least 4 members (excludes halogenated alkanes) is 38. The van der Waals surface area contributed by atoms with Gasteiger partial charge in [0.05, 0.1) is 25.4 Å². The predicted molar refractivity (Wildman–Crippen MR) is 259 cm³/mol. The maximum Gasteiger partial charge on any atom is 0.472 e. The highest BCUT2D eigenvalue weighted by Gasteiger charge is 2.26. The number of phosphoric ester groups is 1. The molecule has 0 aliphatic heterocycles. The summed E-state index contributed by atoms with van der Waals surface area (Å²) in [5, 5.41) is 13.7. The van der Waals surface area contributed by atoms with Crippen LogP contribution in [0.2, 0.25) is 0 Å². The number of nitrogens with one attached hydrogen (secondary N) is 1. The Morgan fingerprint density at radius 2 is 0.850 bits per heavy atom. The van der Waals surface area contributed by atoms with E-state index in [1.165, 1.54) is 218 Å². The van der Waals surface area contributed by atoms with Crippen LogP contribution in [-0.4, -0.2) is 47.8 Å². The van der Waals surface area contributed by atoms with Gasteiger partial charge in [-0.15, -0.1) is 0 Å². The molecule has 5 N–H and O–H groups in total. The van der Waals surface area contributed by atoms with E-state index in [1.807, 2.05) is 6.08 Å². The van der Waals surface area contributed by atoms with Crippen molar-refractivity contribution in [2.75, 3.05) is 19.8 Å². The number of phosphoric acid groups is 1. The summed E-state index contributed by atoms with van der Waals surface area (Å²) in [6.07, 6.45) is 55.7. The molecule has 60 heavy (non-hydrogen) atoms. The van der Waals surface area contributed by atoms with Crippen LogP contribution in [0.5, 0.6) is 0 Å². The summed E-state index contributed by atoms with van der Waals surface area (Å²) in [6.45, 7) is 4.18. The van der Waals surface area contributed by atoms with Crippen LogP contribution in [0.3, 0.4) is 0 Å². The molecule has 0 radical (unpaired) electrons.